The number of nitrogens with one attached hydrogen (secondary N) is 1. The predicted octanol–water partition coefficient (Wildman–Crippen LogP) is 2.33. The molecular weight excluding hydrogens is 276 g/mol. The zero-order valence-electron chi connectivity index (χ0n) is 11.6. The van der Waals surface area contributed by atoms with Gasteiger partial charge in [-0.2, -0.15) is 0 Å². The van der Waals surface area contributed by atoms with Gasteiger partial charge in [0, 0.05) is 18.5 Å². The first-order valence-corrected chi connectivity index (χ1v) is 7.66. The molecule has 1 fully saturated rings. The molecule has 1 aliphatic rings. The van der Waals surface area contributed by atoms with Crippen LogP contribution in [0.1, 0.15) is 30.6 Å². The molecule has 1 aromatic heterocycles. The third-order valence-corrected chi connectivity index (χ3v) is 4.73. The van der Waals surface area contributed by atoms with Crippen LogP contribution in [0, 0.1) is 0 Å². The molecule has 2 amide bonds. The Kier molecular flexibility index (Phi) is 4.65. The second-order valence-corrected chi connectivity index (χ2v) is 6.42. The first-order valence-electron chi connectivity index (χ1n) is 6.78. The van der Waals surface area contributed by atoms with Gasteiger partial charge in [-0.05, 0) is 37.1 Å². The maximum absolute atomic E-state index is 12.1. The number of thiophene rings is 1. The van der Waals surface area contributed by atoms with Crippen molar-refractivity contribution in [2.75, 3.05) is 13.6 Å². The zero-order chi connectivity index (χ0) is 14.6. The van der Waals surface area contributed by atoms with Gasteiger partial charge in [0.05, 0.1) is 12.0 Å². The fraction of sp³-hybridized carbons (Fsp3) is 0.571. The molecule has 5 nitrogen and oxygen atoms in total. The molecule has 0 bridgehead atoms. The number of aliphatic carboxylic acids is 1. The molecule has 1 saturated carbocycles. The number of rotatable bonds is 6. The first-order chi connectivity index (χ1) is 9.51. The minimum Gasteiger partial charge on any atom is -0.481 e. The number of carboxylic acids is 1. The monoisotopic (exact) mass is 296 g/mol. The van der Waals surface area contributed by atoms with E-state index in [1.807, 2.05) is 17.5 Å². The lowest BCUT2D eigenvalue weighted by Crippen LogP contribution is -2.57. The highest BCUT2D eigenvalue weighted by Gasteiger charge is 2.40. The Morgan fingerprint density at radius 1 is 1.50 bits per heavy atom. The maximum atomic E-state index is 12.1. The molecular formula is C14H20N2O3S. The van der Waals surface area contributed by atoms with Crippen molar-refractivity contribution in [2.45, 2.75) is 37.6 Å². The van der Waals surface area contributed by atoms with Gasteiger partial charge in [-0.25, -0.2) is 4.79 Å². The van der Waals surface area contributed by atoms with E-state index in [2.05, 4.69) is 5.32 Å². The van der Waals surface area contributed by atoms with Crippen molar-refractivity contribution >= 4 is 23.3 Å². The van der Waals surface area contributed by atoms with Gasteiger partial charge in [-0.3, -0.25) is 4.79 Å². The molecule has 2 rings (SSSR count). The van der Waals surface area contributed by atoms with Gasteiger partial charge in [0.2, 0.25) is 0 Å². The summed E-state index contributed by atoms with van der Waals surface area (Å²) in [4.78, 5) is 25.9. The Morgan fingerprint density at radius 3 is 2.75 bits per heavy atom. The summed E-state index contributed by atoms with van der Waals surface area (Å²) in [5.74, 6) is -0.855. The molecule has 110 valence electrons. The summed E-state index contributed by atoms with van der Waals surface area (Å²) >= 11 is 1.68. The van der Waals surface area contributed by atoms with Crippen molar-refractivity contribution in [1.82, 2.24) is 10.2 Å². The molecule has 6 heteroatoms. The van der Waals surface area contributed by atoms with E-state index in [4.69, 9.17) is 5.11 Å². The van der Waals surface area contributed by atoms with Crippen molar-refractivity contribution in [2.24, 2.45) is 0 Å². The minimum absolute atomic E-state index is 0.0114. The largest absolute Gasteiger partial charge is 0.481 e. The quantitative estimate of drug-likeness (QED) is 0.846. The van der Waals surface area contributed by atoms with E-state index in [1.54, 1.807) is 23.3 Å². The van der Waals surface area contributed by atoms with Crippen LogP contribution in [0.4, 0.5) is 4.79 Å². The third kappa shape index (κ3) is 3.72. The summed E-state index contributed by atoms with van der Waals surface area (Å²) in [5.41, 5.74) is -0.528. The van der Waals surface area contributed by atoms with Crippen LogP contribution in [0.2, 0.25) is 0 Å². The molecule has 1 aliphatic carbocycles. The van der Waals surface area contributed by atoms with Crippen LogP contribution in [-0.4, -0.2) is 41.1 Å². The number of carboxylic acid groups (broad SMARTS) is 1. The van der Waals surface area contributed by atoms with Gasteiger partial charge in [0.15, 0.2) is 0 Å². The number of nitrogens with zero attached hydrogens (tertiary/aromatic N) is 1. The van der Waals surface area contributed by atoms with Gasteiger partial charge < -0.3 is 15.3 Å². The predicted molar refractivity (Wildman–Crippen MR) is 78.0 cm³/mol. The molecule has 0 atom stereocenters. The van der Waals surface area contributed by atoms with E-state index in [9.17, 15) is 9.59 Å². The van der Waals surface area contributed by atoms with Crippen molar-refractivity contribution in [3.63, 3.8) is 0 Å². The van der Waals surface area contributed by atoms with Crippen molar-refractivity contribution < 1.29 is 14.7 Å². The van der Waals surface area contributed by atoms with Gasteiger partial charge in [-0.15, -0.1) is 11.3 Å². The molecule has 2 N–H and O–H groups in total. The Balaban J connectivity index is 1.82. The second-order valence-electron chi connectivity index (χ2n) is 5.39. The highest BCUT2D eigenvalue weighted by atomic mass is 32.1. The zero-order valence-corrected chi connectivity index (χ0v) is 12.4. The number of amides is 2. The average molecular weight is 296 g/mol. The Bertz CT molecular complexity index is 469. The number of carbonyl (C=O) groups excluding carboxylic acids is 1. The minimum atomic E-state index is -0.855. The topological polar surface area (TPSA) is 69.6 Å². The standard InChI is InChI=1S/C14H20N2O3S/c1-16(8-5-11-4-2-9-20-11)13(19)15-14(6-3-7-14)10-12(17)18/h2,4,9H,3,5-8,10H2,1H3,(H,15,19)(H,17,18). The van der Waals surface area contributed by atoms with Crippen molar-refractivity contribution in [3.05, 3.63) is 22.4 Å². The van der Waals surface area contributed by atoms with Crippen LogP contribution in [0.5, 0.6) is 0 Å². The summed E-state index contributed by atoms with van der Waals surface area (Å²) in [6.45, 7) is 0.634. The maximum Gasteiger partial charge on any atom is 0.317 e. The fourth-order valence-corrected chi connectivity index (χ4v) is 3.09. The third-order valence-electron chi connectivity index (χ3n) is 3.79. The number of likely N-dealkylation sites (N-methyl/N-ethyl adjacent to an activating group) is 1. The summed E-state index contributed by atoms with van der Waals surface area (Å²) in [6.07, 6.45) is 3.32. The molecule has 0 aliphatic heterocycles. The van der Waals surface area contributed by atoms with Crippen LogP contribution >= 0.6 is 11.3 Å². The van der Waals surface area contributed by atoms with E-state index < -0.39 is 11.5 Å². The average Bonchev–Trinajstić information content (AvgIpc) is 2.85. The molecule has 20 heavy (non-hydrogen) atoms. The van der Waals surface area contributed by atoms with Crippen molar-refractivity contribution in [1.29, 1.82) is 0 Å². The van der Waals surface area contributed by atoms with Crippen LogP contribution in [0.3, 0.4) is 0 Å². The van der Waals surface area contributed by atoms with Crippen LogP contribution in [-0.2, 0) is 11.2 Å². The van der Waals surface area contributed by atoms with E-state index in [0.29, 0.717) is 6.54 Å². The van der Waals surface area contributed by atoms with E-state index in [0.717, 1.165) is 25.7 Å². The Morgan fingerprint density at radius 2 is 2.25 bits per heavy atom. The molecule has 0 spiro atoms. The van der Waals surface area contributed by atoms with Crippen LogP contribution in [0.25, 0.3) is 0 Å². The van der Waals surface area contributed by atoms with E-state index >= 15 is 0 Å². The number of hydrogen-bond acceptors (Lipinski definition) is 3. The molecule has 1 aromatic rings. The van der Waals surface area contributed by atoms with E-state index in [-0.39, 0.29) is 12.5 Å². The summed E-state index contributed by atoms with van der Waals surface area (Å²) in [7, 11) is 1.75. The van der Waals surface area contributed by atoms with Crippen LogP contribution in [0.15, 0.2) is 17.5 Å². The highest BCUT2D eigenvalue weighted by Crippen LogP contribution is 2.35. The SMILES string of the molecule is CN(CCc1cccs1)C(=O)NC1(CC(=O)O)CCC1. The fourth-order valence-electron chi connectivity index (χ4n) is 2.40. The molecule has 0 unspecified atom stereocenters. The van der Waals surface area contributed by atoms with Gasteiger partial charge in [0.25, 0.3) is 0 Å². The lowest BCUT2D eigenvalue weighted by Gasteiger charge is -2.42. The Hall–Kier alpha value is -1.56. The Labute approximate surface area is 122 Å². The molecule has 0 aromatic carbocycles. The smallest absolute Gasteiger partial charge is 0.317 e. The van der Waals surface area contributed by atoms with Gasteiger partial charge in [-0.1, -0.05) is 6.07 Å². The number of hydrogen-bond donors (Lipinski definition) is 2. The summed E-state index contributed by atoms with van der Waals surface area (Å²) < 4.78 is 0. The van der Waals surface area contributed by atoms with E-state index in [1.165, 1.54) is 4.88 Å². The van der Waals surface area contributed by atoms with Crippen LogP contribution < -0.4 is 5.32 Å². The summed E-state index contributed by atoms with van der Waals surface area (Å²) in [5, 5.41) is 13.9. The lowest BCUT2D eigenvalue weighted by molar-refractivity contribution is -0.139. The first kappa shape index (κ1) is 14.8. The molecule has 0 radical (unpaired) electrons. The van der Waals surface area contributed by atoms with Crippen molar-refractivity contribution in [3.8, 4) is 0 Å². The molecule has 1 heterocycles. The lowest BCUT2D eigenvalue weighted by atomic mass is 9.74. The molecule has 0 saturated heterocycles. The van der Waals surface area contributed by atoms with Gasteiger partial charge in [0.1, 0.15) is 0 Å². The summed E-state index contributed by atoms with van der Waals surface area (Å²) in [6, 6.07) is 3.87. The second kappa shape index (κ2) is 6.26. The number of urea groups is 1. The van der Waals surface area contributed by atoms with Gasteiger partial charge >= 0.3 is 12.0 Å². The highest BCUT2D eigenvalue weighted by molar-refractivity contribution is 7.09. The normalized spacial score (nSPS) is 16.2. The number of carbonyl (C=O) groups is 2.